The molecule has 1 aliphatic heterocycles. The minimum atomic E-state index is -0.233. The lowest BCUT2D eigenvalue weighted by atomic mass is 10.0. The van der Waals surface area contributed by atoms with Crippen LogP contribution >= 0.6 is 0 Å². The molecule has 4 rings (SSSR count). The van der Waals surface area contributed by atoms with Gasteiger partial charge >= 0.3 is 0 Å². The summed E-state index contributed by atoms with van der Waals surface area (Å²) >= 11 is 0. The third kappa shape index (κ3) is 4.77. The molecule has 0 atom stereocenters. The van der Waals surface area contributed by atoms with Gasteiger partial charge in [0.1, 0.15) is 11.4 Å². The van der Waals surface area contributed by atoms with E-state index in [-0.39, 0.29) is 30.1 Å². The van der Waals surface area contributed by atoms with Gasteiger partial charge in [0.15, 0.2) is 23.1 Å². The van der Waals surface area contributed by atoms with Crippen molar-refractivity contribution >= 4 is 23.5 Å². The lowest BCUT2D eigenvalue weighted by molar-refractivity contribution is 0.0914. The molecular weight excluding hydrogens is 420 g/mol. The Morgan fingerprint density at radius 2 is 1.64 bits per heavy atom. The Morgan fingerprint density at radius 1 is 0.848 bits per heavy atom. The molecule has 2 aromatic carbocycles. The van der Waals surface area contributed by atoms with E-state index in [2.05, 4.69) is 9.98 Å². The lowest BCUT2D eigenvalue weighted by Crippen LogP contribution is -2.08. The molecule has 0 saturated carbocycles. The molecule has 7 heteroatoms. The van der Waals surface area contributed by atoms with Gasteiger partial charge < -0.3 is 14.2 Å². The predicted molar refractivity (Wildman–Crippen MR) is 126 cm³/mol. The summed E-state index contributed by atoms with van der Waals surface area (Å²) in [6, 6.07) is 14.3. The SMILES string of the molecule is COc1cc(C(=O)CCC(=O)c2ccc(OC)c(OC)c2)nc(-c2ccc3c(c2)N=CC3)c1. The lowest BCUT2D eigenvalue weighted by Gasteiger charge is -2.10. The molecule has 0 spiro atoms. The van der Waals surface area contributed by atoms with Crippen LogP contribution in [-0.2, 0) is 6.42 Å². The van der Waals surface area contributed by atoms with Crippen molar-refractivity contribution in [3.63, 3.8) is 0 Å². The molecule has 0 aliphatic carbocycles. The summed E-state index contributed by atoms with van der Waals surface area (Å²) in [6.45, 7) is 0. The Kier molecular flexibility index (Phi) is 6.49. The van der Waals surface area contributed by atoms with Crippen molar-refractivity contribution in [3.8, 4) is 28.5 Å². The minimum absolute atomic E-state index is 0.0290. The number of nitrogens with zero attached hydrogens (tertiary/aromatic N) is 2. The predicted octanol–water partition coefficient (Wildman–Crippen LogP) is 4.88. The molecule has 0 amide bonds. The van der Waals surface area contributed by atoms with Crippen molar-refractivity contribution in [2.24, 2.45) is 4.99 Å². The normalized spacial score (nSPS) is 11.7. The molecule has 0 saturated heterocycles. The number of methoxy groups -OCH3 is 3. The summed E-state index contributed by atoms with van der Waals surface area (Å²) in [5, 5.41) is 0. The topological polar surface area (TPSA) is 87.1 Å². The average Bonchev–Trinajstić information content (AvgIpc) is 3.34. The molecule has 0 fully saturated rings. The van der Waals surface area contributed by atoms with E-state index in [0.29, 0.717) is 28.5 Å². The van der Waals surface area contributed by atoms with Gasteiger partial charge in [-0.2, -0.15) is 0 Å². The van der Waals surface area contributed by atoms with Crippen molar-refractivity contribution in [2.75, 3.05) is 21.3 Å². The standard InChI is InChI=1S/C26H24N2O5/c1-31-19-14-21(17-5-4-16-10-11-27-20(16)12-17)28-22(15-19)24(30)8-7-23(29)18-6-9-25(32-2)26(13-18)33-3/h4-6,9,11-15H,7-8,10H2,1-3H3. The zero-order chi connectivity index (χ0) is 23.4. The molecule has 2 heterocycles. The van der Waals surface area contributed by atoms with Gasteiger partial charge in [-0.15, -0.1) is 0 Å². The number of aromatic nitrogens is 1. The van der Waals surface area contributed by atoms with Crippen molar-refractivity contribution < 1.29 is 23.8 Å². The molecule has 1 aliphatic rings. The van der Waals surface area contributed by atoms with Crippen LogP contribution in [0.3, 0.4) is 0 Å². The van der Waals surface area contributed by atoms with E-state index in [1.54, 1.807) is 37.4 Å². The summed E-state index contributed by atoms with van der Waals surface area (Å²) in [6.07, 6.45) is 2.77. The molecule has 1 aromatic heterocycles. The summed E-state index contributed by atoms with van der Waals surface area (Å²) in [5.74, 6) is 1.13. The largest absolute Gasteiger partial charge is 0.497 e. The van der Waals surface area contributed by atoms with Crippen LogP contribution in [0.1, 0.15) is 39.3 Å². The van der Waals surface area contributed by atoms with Gasteiger partial charge in [-0.05, 0) is 29.8 Å². The Bertz CT molecular complexity index is 1250. The fraction of sp³-hybridized carbons (Fsp3) is 0.231. The molecule has 33 heavy (non-hydrogen) atoms. The highest BCUT2D eigenvalue weighted by Gasteiger charge is 2.17. The van der Waals surface area contributed by atoms with E-state index in [1.807, 2.05) is 24.4 Å². The molecule has 3 aromatic rings. The number of fused-ring (bicyclic) bond motifs is 1. The fourth-order valence-electron chi connectivity index (χ4n) is 3.68. The first-order chi connectivity index (χ1) is 16.0. The first-order valence-corrected chi connectivity index (χ1v) is 10.5. The first-order valence-electron chi connectivity index (χ1n) is 10.5. The fourth-order valence-corrected chi connectivity index (χ4v) is 3.68. The Hall–Kier alpha value is -4.00. The quantitative estimate of drug-likeness (QED) is 0.437. The zero-order valence-corrected chi connectivity index (χ0v) is 18.8. The monoisotopic (exact) mass is 444 g/mol. The van der Waals surface area contributed by atoms with Crippen LogP contribution in [0.4, 0.5) is 5.69 Å². The zero-order valence-electron chi connectivity index (χ0n) is 18.8. The average molecular weight is 444 g/mol. The summed E-state index contributed by atoms with van der Waals surface area (Å²) in [4.78, 5) is 34.5. The molecule has 0 unspecified atom stereocenters. The number of Topliss-reactive ketones (excluding diaryl/α,β-unsaturated/α-hetero) is 2. The molecule has 0 N–H and O–H groups in total. The Balaban J connectivity index is 1.52. The molecule has 0 bridgehead atoms. The molecular formula is C26H24N2O5. The molecule has 0 radical (unpaired) electrons. The number of hydrogen-bond donors (Lipinski definition) is 0. The van der Waals surface area contributed by atoms with Crippen molar-refractivity contribution in [1.29, 1.82) is 0 Å². The number of ether oxygens (including phenoxy) is 3. The van der Waals surface area contributed by atoms with Crippen LogP contribution in [0.5, 0.6) is 17.2 Å². The third-order valence-corrected chi connectivity index (χ3v) is 5.53. The van der Waals surface area contributed by atoms with E-state index in [0.717, 1.165) is 23.2 Å². The van der Waals surface area contributed by atoms with Gasteiger partial charge in [0.05, 0.1) is 32.7 Å². The van der Waals surface area contributed by atoms with Gasteiger partial charge in [-0.1, -0.05) is 12.1 Å². The van der Waals surface area contributed by atoms with E-state index >= 15 is 0 Å². The second-order valence-corrected chi connectivity index (χ2v) is 7.55. The molecule has 7 nitrogen and oxygen atoms in total. The summed E-state index contributed by atoms with van der Waals surface area (Å²) in [7, 11) is 4.58. The summed E-state index contributed by atoms with van der Waals surface area (Å²) in [5.41, 5.74) is 4.25. The highest BCUT2D eigenvalue weighted by atomic mass is 16.5. The maximum Gasteiger partial charge on any atom is 0.181 e. The number of carbonyl (C=O) groups is 2. The van der Waals surface area contributed by atoms with Gasteiger partial charge in [-0.25, -0.2) is 4.98 Å². The smallest absolute Gasteiger partial charge is 0.181 e. The van der Waals surface area contributed by atoms with Crippen molar-refractivity contribution in [2.45, 2.75) is 19.3 Å². The number of hydrogen-bond acceptors (Lipinski definition) is 7. The minimum Gasteiger partial charge on any atom is -0.497 e. The van der Waals surface area contributed by atoms with Gasteiger partial charge in [0.25, 0.3) is 0 Å². The van der Waals surface area contributed by atoms with Crippen LogP contribution in [0.2, 0.25) is 0 Å². The number of pyridine rings is 1. The van der Waals surface area contributed by atoms with Crippen LogP contribution < -0.4 is 14.2 Å². The Labute approximate surface area is 192 Å². The first kappa shape index (κ1) is 22.2. The summed E-state index contributed by atoms with van der Waals surface area (Å²) < 4.78 is 15.8. The third-order valence-electron chi connectivity index (χ3n) is 5.53. The molecule has 168 valence electrons. The second-order valence-electron chi connectivity index (χ2n) is 7.55. The van der Waals surface area contributed by atoms with Crippen molar-refractivity contribution in [3.05, 3.63) is 65.4 Å². The van der Waals surface area contributed by atoms with Gasteiger partial charge in [0, 0.05) is 48.7 Å². The van der Waals surface area contributed by atoms with E-state index in [1.165, 1.54) is 14.2 Å². The number of rotatable bonds is 9. The number of carbonyl (C=O) groups excluding carboxylic acids is 2. The number of benzene rings is 2. The maximum absolute atomic E-state index is 12.9. The van der Waals surface area contributed by atoms with Crippen molar-refractivity contribution in [1.82, 2.24) is 4.98 Å². The number of ketones is 2. The Morgan fingerprint density at radius 3 is 2.39 bits per heavy atom. The maximum atomic E-state index is 12.9. The van der Waals surface area contributed by atoms with E-state index < -0.39 is 0 Å². The van der Waals surface area contributed by atoms with Gasteiger partial charge in [-0.3, -0.25) is 14.6 Å². The highest BCUT2D eigenvalue weighted by Crippen LogP contribution is 2.32. The van der Waals surface area contributed by atoms with E-state index in [4.69, 9.17) is 14.2 Å². The second kappa shape index (κ2) is 9.65. The van der Waals surface area contributed by atoms with Crippen LogP contribution in [0.15, 0.2) is 53.5 Å². The number of aliphatic imine (C=N–C) groups is 1. The van der Waals surface area contributed by atoms with Gasteiger partial charge in [0.2, 0.25) is 0 Å². The van der Waals surface area contributed by atoms with Crippen LogP contribution in [0, 0.1) is 0 Å². The van der Waals surface area contributed by atoms with Crippen LogP contribution in [-0.4, -0.2) is 44.1 Å². The van der Waals surface area contributed by atoms with Crippen LogP contribution in [0.25, 0.3) is 11.3 Å². The van der Waals surface area contributed by atoms with E-state index in [9.17, 15) is 9.59 Å². The highest BCUT2D eigenvalue weighted by molar-refractivity contribution is 6.02.